The number of sulfonamides is 1. The number of aryl methyl sites for hydroxylation is 1. The average Bonchev–Trinajstić information content (AvgIpc) is 3.70. The fourth-order valence-electron chi connectivity index (χ4n) is 4.28. The number of ether oxygens (including phenoxy) is 1. The molecule has 4 rings (SSSR count). The fraction of sp³-hybridized carbons (Fsp3) is 0.310. The Kier molecular flexibility index (Phi) is 8.10. The number of amides is 1. The standard InChI is InChI=1S/C29H32N2O5S/c1-3-36-28(33)29(18-19-29)24-11-13-25(14-12-24)30-27(32)21-31(20-17-23-7-5-4-6-8-23)37(34,35)26-15-9-22(2)10-16-26/h4-16H,3,17-21H2,1-2H3,(H,30,32). The second kappa shape index (κ2) is 11.3. The summed E-state index contributed by atoms with van der Waals surface area (Å²) in [4.78, 5) is 25.5. The summed E-state index contributed by atoms with van der Waals surface area (Å²) >= 11 is 0. The Balaban J connectivity index is 1.47. The summed E-state index contributed by atoms with van der Waals surface area (Å²) in [5, 5.41) is 2.80. The topological polar surface area (TPSA) is 92.8 Å². The zero-order valence-electron chi connectivity index (χ0n) is 21.1. The first-order valence-electron chi connectivity index (χ1n) is 12.4. The van der Waals surface area contributed by atoms with Crippen LogP contribution >= 0.6 is 0 Å². The van der Waals surface area contributed by atoms with E-state index in [0.29, 0.717) is 18.7 Å². The van der Waals surface area contributed by atoms with Crippen molar-refractivity contribution in [1.82, 2.24) is 4.31 Å². The summed E-state index contributed by atoms with van der Waals surface area (Å²) < 4.78 is 33.3. The lowest BCUT2D eigenvalue weighted by Crippen LogP contribution is -2.39. The van der Waals surface area contributed by atoms with Crippen molar-refractivity contribution in [3.63, 3.8) is 0 Å². The summed E-state index contributed by atoms with van der Waals surface area (Å²) in [6.45, 7) is 3.85. The van der Waals surface area contributed by atoms with E-state index in [1.165, 1.54) is 4.31 Å². The SMILES string of the molecule is CCOC(=O)C1(c2ccc(NC(=O)CN(CCc3ccccc3)S(=O)(=O)c3ccc(C)cc3)cc2)CC1. The van der Waals surface area contributed by atoms with E-state index in [9.17, 15) is 18.0 Å². The van der Waals surface area contributed by atoms with E-state index in [1.807, 2.05) is 49.4 Å². The molecule has 1 amide bonds. The van der Waals surface area contributed by atoms with Gasteiger partial charge in [0.2, 0.25) is 15.9 Å². The van der Waals surface area contributed by atoms with Gasteiger partial charge in [0.25, 0.3) is 0 Å². The van der Waals surface area contributed by atoms with Gasteiger partial charge in [0.05, 0.1) is 23.5 Å². The predicted octanol–water partition coefficient (Wildman–Crippen LogP) is 4.46. The maximum atomic E-state index is 13.4. The molecule has 0 aliphatic heterocycles. The normalized spacial score (nSPS) is 14.2. The van der Waals surface area contributed by atoms with Gasteiger partial charge in [-0.15, -0.1) is 0 Å². The van der Waals surface area contributed by atoms with Crippen LogP contribution in [0.5, 0.6) is 0 Å². The zero-order chi connectivity index (χ0) is 26.5. The summed E-state index contributed by atoms with van der Waals surface area (Å²) in [6, 6.07) is 23.3. The smallest absolute Gasteiger partial charge is 0.316 e. The Labute approximate surface area is 218 Å². The van der Waals surface area contributed by atoms with Gasteiger partial charge in [0.15, 0.2) is 0 Å². The van der Waals surface area contributed by atoms with Crippen LogP contribution in [-0.4, -0.2) is 44.3 Å². The second-order valence-electron chi connectivity index (χ2n) is 9.32. The first-order valence-corrected chi connectivity index (χ1v) is 13.9. The highest BCUT2D eigenvalue weighted by atomic mass is 32.2. The number of carbonyl (C=O) groups is 2. The van der Waals surface area contributed by atoms with Crippen molar-refractivity contribution in [1.29, 1.82) is 0 Å². The number of anilines is 1. The molecule has 3 aromatic rings. The van der Waals surface area contributed by atoms with Crippen molar-refractivity contribution < 1.29 is 22.7 Å². The number of benzene rings is 3. The first kappa shape index (κ1) is 26.6. The maximum Gasteiger partial charge on any atom is 0.316 e. The number of carbonyl (C=O) groups excluding carboxylic acids is 2. The van der Waals surface area contributed by atoms with Gasteiger partial charge in [-0.25, -0.2) is 8.42 Å². The molecule has 1 aliphatic rings. The molecular formula is C29H32N2O5S. The van der Waals surface area contributed by atoms with Gasteiger partial charge in [-0.1, -0.05) is 60.2 Å². The minimum atomic E-state index is -3.89. The molecule has 37 heavy (non-hydrogen) atoms. The third kappa shape index (κ3) is 6.26. The number of rotatable bonds is 11. The van der Waals surface area contributed by atoms with Crippen LogP contribution in [0, 0.1) is 6.92 Å². The molecule has 0 spiro atoms. The molecule has 0 heterocycles. The molecule has 0 radical (unpaired) electrons. The van der Waals surface area contributed by atoms with Crippen LogP contribution in [0.15, 0.2) is 83.8 Å². The molecule has 1 saturated carbocycles. The number of nitrogens with one attached hydrogen (secondary N) is 1. The third-order valence-corrected chi connectivity index (χ3v) is 8.47. The van der Waals surface area contributed by atoms with Crippen LogP contribution in [0.4, 0.5) is 5.69 Å². The van der Waals surface area contributed by atoms with Crippen LogP contribution in [0.1, 0.15) is 36.5 Å². The molecular weight excluding hydrogens is 488 g/mol. The molecule has 7 nitrogen and oxygen atoms in total. The molecule has 3 aromatic carbocycles. The molecule has 0 saturated heterocycles. The molecule has 1 aliphatic carbocycles. The Morgan fingerprint density at radius 2 is 1.59 bits per heavy atom. The average molecular weight is 521 g/mol. The van der Waals surface area contributed by atoms with E-state index in [1.54, 1.807) is 43.3 Å². The Morgan fingerprint density at radius 1 is 0.946 bits per heavy atom. The lowest BCUT2D eigenvalue weighted by atomic mass is 9.96. The second-order valence-corrected chi connectivity index (χ2v) is 11.3. The van der Waals surface area contributed by atoms with Crippen LogP contribution in [0.25, 0.3) is 0 Å². The summed E-state index contributed by atoms with van der Waals surface area (Å²) in [5.74, 6) is -0.662. The Bertz CT molecular complexity index is 1330. The molecule has 1 N–H and O–H groups in total. The third-order valence-electron chi connectivity index (χ3n) is 6.61. The van der Waals surface area contributed by atoms with E-state index in [0.717, 1.165) is 29.5 Å². The molecule has 0 bridgehead atoms. The number of hydrogen-bond donors (Lipinski definition) is 1. The fourth-order valence-corrected chi connectivity index (χ4v) is 5.68. The Hall–Kier alpha value is -3.49. The van der Waals surface area contributed by atoms with Crippen molar-refractivity contribution in [2.45, 2.75) is 43.4 Å². The summed E-state index contributed by atoms with van der Waals surface area (Å²) in [6.07, 6.45) is 1.96. The van der Waals surface area contributed by atoms with Crippen molar-refractivity contribution in [2.24, 2.45) is 0 Å². The molecule has 0 unspecified atom stereocenters. The van der Waals surface area contributed by atoms with Crippen molar-refractivity contribution in [3.05, 3.63) is 95.6 Å². The number of nitrogens with zero attached hydrogens (tertiary/aromatic N) is 1. The highest BCUT2D eigenvalue weighted by Crippen LogP contribution is 2.49. The van der Waals surface area contributed by atoms with Gasteiger partial charge in [-0.3, -0.25) is 9.59 Å². The molecule has 0 aromatic heterocycles. The van der Waals surface area contributed by atoms with Gasteiger partial charge in [0, 0.05) is 12.2 Å². The van der Waals surface area contributed by atoms with Crippen LogP contribution in [-0.2, 0) is 36.2 Å². The van der Waals surface area contributed by atoms with Gasteiger partial charge >= 0.3 is 5.97 Å². The van der Waals surface area contributed by atoms with E-state index < -0.39 is 21.3 Å². The number of hydrogen-bond acceptors (Lipinski definition) is 5. The predicted molar refractivity (Wildman–Crippen MR) is 143 cm³/mol. The zero-order valence-corrected chi connectivity index (χ0v) is 22.0. The van der Waals surface area contributed by atoms with E-state index in [2.05, 4.69) is 5.32 Å². The van der Waals surface area contributed by atoms with Crippen molar-refractivity contribution in [2.75, 3.05) is 25.0 Å². The van der Waals surface area contributed by atoms with E-state index in [4.69, 9.17) is 4.74 Å². The first-order chi connectivity index (χ1) is 17.7. The number of esters is 1. The van der Waals surface area contributed by atoms with Crippen LogP contribution < -0.4 is 5.32 Å². The van der Waals surface area contributed by atoms with E-state index >= 15 is 0 Å². The quantitative estimate of drug-likeness (QED) is 0.377. The largest absolute Gasteiger partial charge is 0.465 e. The lowest BCUT2D eigenvalue weighted by molar-refractivity contribution is -0.146. The van der Waals surface area contributed by atoms with Gasteiger partial charge in [-0.05, 0) is 68.5 Å². The minimum absolute atomic E-state index is 0.150. The molecule has 0 atom stereocenters. The lowest BCUT2D eigenvalue weighted by Gasteiger charge is -2.22. The van der Waals surface area contributed by atoms with Crippen molar-refractivity contribution in [3.8, 4) is 0 Å². The molecule has 8 heteroatoms. The van der Waals surface area contributed by atoms with Gasteiger partial charge in [-0.2, -0.15) is 4.31 Å². The Morgan fingerprint density at radius 3 is 2.19 bits per heavy atom. The highest BCUT2D eigenvalue weighted by Gasteiger charge is 2.52. The van der Waals surface area contributed by atoms with Gasteiger partial charge in [0.1, 0.15) is 0 Å². The molecule has 1 fully saturated rings. The van der Waals surface area contributed by atoms with Crippen LogP contribution in [0.2, 0.25) is 0 Å². The maximum absolute atomic E-state index is 13.4. The summed E-state index contributed by atoms with van der Waals surface area (Å²) in [5.41, 5.74) is 2.74. The van der Waals surface area contributed by atoms with Crippen molar-refractivity contribution >= 4 is 27.6 Å². The summed E-state index contributed by atoms with van der Waals surface area (Å²) in [7, 11) is -3.89. The molecule has 194 valence electrons. The van der Waals surface area contributed by atoms with E-state index in [-0.39, 0.29) is 24.0 Å². The van der Waals surface area contributed by atoms with Gasteiger partial charge < -0.3 is 10.1 Å². The minimum Gasteiger partial charge on any atom is -0.465 e. The monoisotopic (exact) mass is 520 g/mol. The highest BCUT2D eigenvalue weighted by molar-refractivity contribution is 7.89. The van der Waals surface area contributed by atoms with Crippen LogP contribution in [0.3, 0.4) is 0 Å².